The second-order valence-corrected chi connectivity index (χ2v) is 11.7. The predicted molar refractivity (Wildman–Crippen MR) is 146 cm³/mol. The molecule has 41 heavy (non-hydrogen) atoms. The SMILES string of the molecule is CC(=O)OCOC(=O)C1[C@@H](C(=O)N(C)c2cc(Cl)cc(Cl)c2)[C@H]2CC(F)(F)CN2[C@]12C(=O)Nc1c(Cl)cc(Cl)cc12. The molecule has 4 atom stereocenters. The van der Waals surface area contributed by atoms with Crippen molar-refractivity contribution in [2.45, 2.75) is 30.8 Å². The summed E-state index contributed by atoms with van der Waals surface area (Å²) in [6.45, 7) is -0.684. The number of anilines is 2. The maximum atomic E-state index is 15.1. The Morgan fingerprint density at radius 1 is 1.05 bits per heavy atom. The number of esters is 2. The van der Waals surface area contributed by atoms with E-state index in [0.717, 1.165) is 16.7 Å². The third-order valence-electron chi connectivity index (χ3n) is 7.60. The number of halogens is 6. The Hall–Kier alpha value is -2.70. The summed E-state index contributed by atoms with van der Waals surface area (Å²) in [5.74, 6) is -10.1. The minimum absolute atomic E-state index is 0.00715. The Bertz CT molecular complexity index is 1470. The van der Waals surface area contributed by atoms with Crippen LogP contribution in [0.5, 0.6) is 0 Å². The normalized spacial score (nSPS) is 26.0. The fourth-order valence-corrected chi connectivity index (χ4v) is 7.16. The van der Waals surface area contributed by atoms with Crippen molar-refractivity contribution in [3.63, 3.8) is 0 Å². The maximum absolute atomic E-state index is 15.1. The fourth-order valence-electron chi connectivity index (χ4n) is 6.11. The lowest BCUT2D eigenvalue weighted by molar-refractivity contribution is -0.174. The van der Waals surface area contributed by atoms with Gasteiger partial charge >= 0.3 is 11.9 Å². The van der Waals surface area contributed by atoms with E-state index in [1.54, 1.807) is 0 Å². The average Bonchev–Trinajstić information content (AvgIpc) is 3.43. The van der Waals surface area contributed by atoms with Crippen LogP contribution < -0.4 is 10.2 Å². The Morgan fingerprint density at radius 3 is 2.32 bits per heavy atom. The van der Waals surface area contributed by atoms with Gasteiger partial charge in [0.05, 0.1) is 23.2 Å². The molecule has 2 amide bonds. The van der Waals surface area contributed by atoms with Crippen LogP contribution >= 0.6 is 46.4 Å². The Morgan fingerprint density at radius 2 is 1.68 bits per heavy atom. The van der Waals surface area contributed by atoms with Crippen molar-refractivity contribution in [3.8, 4) is 0 Å². The zero-order chi connectivity index (χ0) is 30.0. The van der Waals surface area contributed by atoms with Gasteiger partial charge in [-0.15, -0.1) is 0 Å². The molecule has 9 nitrogen and oxygen atoms in total. The molecule has 2 aromatic carbocycles. The first-order chi connectivity index (χ1) is 19.2. The number of hydrogen-bond donors (Lipinski definition) is 1. The predicted octanol–water partition coefficient (Wildman–Crippen LogP) is 5.13. The van der Waals surface area contributed by atoms with Gasteiger partial charge in [-0.05, 0) is 30.3 Å². The van der Waals surface area contributed by atoms with Gasteiger partial charge in [-0.2, -0.15) is 0 Å². The van der Waals surface area contributed by atoms with Crippen LogP contribution in [0.4, 0.5) is 20.2 Å². The van der Waals surface area contributed by atoms with Gasteiger partial charge in [0.25, 0.3) is 11.8 Å². The summed E-state index contributed by atoms with van der Waals surface area (Å²) in [4.78, 5) is 55.5. The molecule has 1 N–H and O–H groups in total. The second-order valence-electron chi connectivity index (χ2n) is 10.0. The summed E-state index contributed by atoms with van der Waals surface area (Å²) in [5.41, 5.74) is -1.83. The van der Waals surface area contributed by atoms with Crippen molar-refractivity contribution in [1.82, 2.24) is 4.90 Å². The van der Waals surface area contributed by atoms with E-state index >= 15 is 8.78 Å². The summed E-state index contributed by atoms with van der Waals surface area (Å²) in [6, 6.07) is 5.70. The minimum Gasteiger partial charge on any atom is -0.428 e. The molecule has 0 radical (unpaired) electrons. The Kier molecular flexibility index (Phi) is 7.65. The number of alkyl halides is 2. The van der Waals surface area contributed by atoms with Crippen LogP contribution in [0.1, 0.15) is 18.9 Å². The minimum atomic E-state index is -3.31. The van der Waals surface area contributed by atoms with E-state index < -0.39 is 72.9 Å². The Labute approximate surface area is 252 Å². The van der Waals surface area contributed by atoms with E-state index in [0.29, 0.717) is 0 Å². The lowest BCUT2D eigenvalue weighted by atomic mass is 9.73. The molecule has 218 valence electrons. The number of carbonyl (C=O) groups excluding carboxylic acids is 4. The first-order valence-corrected chi connectivity index (χ1v) is 13.7. The summed E-state index contributed by atoms with van der Waals surface area (Å²) in [6.07, 6.45) is -0.833. The number of benzene rings is 2. The highest BCUT2D eigenvalue weighted by Gasteiger charge is 2.75. The molecule has 1 spiro atoms. The molecule has 3 aliphatic rings. The summed E-state index contributed by atoms with van der Waals surface area (Å²) in [7, 11) is 1.37. The van der Waals surface area contributed by atoms with Gasteiger partial charge in [-0.25, -0.2) is 8.78 Å². The number of amides is 2. The third kappa shape index (κ3) is 4.91. The van der Waals surface area contributed by atoms with Crippen molar-refractivity contribution >= 4 is 81.5 Å². The maximum Gasteiger partial charge on any atom is 0.315 e. The van der Waals surface area contributed by atoms with Crippen LogP contribution in [0, 0.1) is 11.8 Å². The molecule has 1 unspecified atom stereocenters. The van der Waals surface area contributed by atoms with Crippen LogP contribution in [-0.2, 0) is 34.2 Å². The molecule has 3 aliphatic heterocycles. The van der Waals surface area contributed by atoms with Gasteiger partial charge in [0.15, 0.2) is 0 Å². The van der Waals surface area contributed by atoms with E-state index in [1.807, 2.05) is 0 Å². The van der Waals surface area contributed by atoms with Crippen LogP contribution in [-0.4, -0.2) is 61.0 Å². The van der Waals surface area contributed by atoms with Gasteiger partial charge in [-0.1, -0.05) is 46.4 Å². The molecule has 0 aliphatic carbocycles. The van der Waals surface area contributed by atoms with E-state index in [1.165, 1.54) is 37.4 Å². The molecule has 0 aromatic heterocycles. The summed E-state index contributed by atoms with van der Waals surface area (Å²) < 4.78 is 40.1. The number of ether oxygens (including phenoxy) is 2. The van der Waals surface area contributed by atoms with Gasteiger partial charge in [0.1, 0.15) is 11.5 Å². The van der Waals surface area contributed by atoms with Crippen LogP contribution in [0.3, 0.4) is 0 Å². The number of nitrogens with zero attached hydrogens (tertiary/aromatic N) is 2. The third-order valence-corrected chi connectivity index (χ3v) is 8.56. The lowest BCUT2D eigenvalue weighted by Gasteiger charge is -2.36. The van der Waals surface area contributed by atoms with E-state index in [2.05, 4.69) is 5.32 Å². The topological polar surface area (TPSA) is 105 Å². The van der Waals surface area contributed by atoms with E-state index in [9.17, 15) is 19.2 Å². The quantitative estimate of drug-likeness (QED) is 0.353. The highest BCUT2D eigenvalue weighted by atomic mass is 35.5. The molecule has 2 saturated heterocycles. The highest BCUT2D eigenvalue weighted by molar-refractivity contribution is 6.38. The molecular weight excluding hydrogens is 630 g/mol. The van der Waals surface area contributed by atoms with Gasteiger partial charge in [0.2, 0.25) is 12.7 Å². The largest absolute Gasteiger partial charge is 0.428 e. The van der Waals surface area contributed by atoms with Gasteiger partial charge < -0.3 is 19.7 Å². The average molecular weight is 651 g/mol. The first-order valence-electron chi connectivity index (χ1n) is 12.2. The van der Waals surface area contributed by atoms with E-state index in [-0.39, 0.29) is 37.0 Å². The van der Waals surface area contributed by atoms with Crippen molar-refractivity contribution in [1.29, 1.82) is 0 Å². The number of carbonyl (C=O) groups is 4. The van der Waals surface area contributed by atoms with Crippen LogP contribution in [0.15, 0.2) is 30.3 Å². The fraction of sp³-hybridized carbons (Fsp3) is 0.385. The number of hydrogen-bond acceptors (Lipinski definition) is 7. The van der Waals surface area contributed by atoms with Crippen molar-refractivity contribution in [2.75, 3.05) is 30.6 Å². The number of nitrogens with one attached hydrogen (secondary N) is 1. The molecule has 15 heteroatoms. The zero-order valence-electron chi connectivity index (χ0n) is 21.4. The molecule has 0 bridgehead atoms. The number of fused-ring (bicyclic) bond motifs is 4. The summed E-state index contributed by atoms with van der Waals surface area (Å²) >= 11 is 24.9. The highest BCUT2D eigenvalue weighted by Crippen LogP contribution is 2.61. The van der Waals surface area contributed by atoms with Crippen molar-refractivity contribution < 1.29 is 37.4 Å². The molecule has 2 aromatic rings. The van der Waals surface area contributed by atoms with Crippen molar-refractivity contribution in [2.24, 2.45) is 11.8 Å². The van der Waals surface area contributed by atoms with Gasteiger partial charge in [-0.3, -0.25) is 24.1 Å². The number of rotatable bonds is 5. The second kappa shape index (κ2) is 10.5. The lowest BCUT2D eigenvalue weighted by Crippen LogP contribution is -2.54. The molecule has 0 saturated carbocycles. The monoisotopic (exact) mass is 649 g/mol. The first kappa shape index (κ1) is 29.8. The summed E-state index contributed by atoms with van der Waals surface area (Å²) in [5, 5.41) is 3.07. The molecule has 3 heterocycles. The van der Waals surface area contributed by atoms with Crippen LogP contribution in [0.2, 0.25) is 20.1 Å². The van der Waals surface area contributed by atoms with Crippen molar-refractivity contribution in [3.05, 3.63) is 56.0 Å². The smallest absolute Gasteiger partial charge is 0.315 e. The zero-order valence-corrected chi connectivity index (χ0v) is 24.4. The Balaban J connectivity index is 1.70. The van der Waals surface area contributed by atoms with E-state index in [4.69, 9.17) is 55.9 Å². The molecule has 2 fully saturated rings. The molecular formula is C26H21Cl4F2N3O6. The standard InChI is InChI=1S/C26H21Cl4F2N3O6/c1-11(36)40-10-41-23(38)20-19(22(37)34(2)15-4-12(27)3-13(28)5-15)18-8-25(31,32)9-35(18)26(20)16-6-14(29)7-17(30)21(16)33-24(26)39/h3-7,18-20H,8-10H2,1-2H3,(H,33,39)/t18-,19+,20?,26+/m1/s1. The van der Waals surface area contributed by atoms with Gasteiger partial charge in [0, 0.05) is 52.8 Å². The van der Waals surface area contributed by atoms with Crippen LogP contribution in [0.25, 0.3) is 0 Å². The molecule has 5 rings (SSSR count).